The summed E-state index contributed by atoms with van der Waals surface area (Å²) >= 11 is 0. The van der Waals surface area contributed by atoms with Crippen LogP contribution in [0.3, 0.4) is 0 Å². The summed E-state index contributed by atoms with van der Waals surface area (Å²) in [5.74, 6) is 0.368. The standard InChI is InChI=1S/C27H32F3N3O3/c1-16-17(2)24(36-15-25(34)31(4)5)11-10-23(16)18(3)32-13-22-12-21(32)14-33(22)26(35)19-6-8-20(9-7-19)27(28,29)30/h6-11,18,21-22H,12-15H2,1-5H3. The first kappa shape index (κ1) is 26.0. The van der Waals surface area contributed by atoms with Crippen LogP contribution in [0.1, 0.15) is 52.0 Å². The number of likely N-dealkylation sites (tertiary alicyclic amines) is 2. The molecule has 2 heterocycles. The average molecular weight is 504 g/mol. The molecule has 194 valence electrons. The number of hydrogen-bond acceptors (Lipinski definition) is 4. The first-order chi connectivity index (χ1) is 16.9. The van der Waals surface area contributed by atoms with Crippen molar-refractivity contribution in [3.8, 4) is 5.75 Å². The molecule has 0 radical (unpaired) electrons. The molecule has 3 unspecified atom stereocenters. The Labute approximate surface area is 209 Å². The van der Waals surface area contributed by atoms with Crippen molar-refractivity contribution in [1.29, 1.82) is 0 Å². The number of ether oxygens (including phenoxy) is 1. The Bertz CT molecular complexity index is 1150. The molecule has 0 aromatic heterocycles. The van der Waals surface area contributed by atoms with Gasteiger partial charge >= 0.3 is 6.18 Å². The van der Waals surface area contributed by atoms with Crippen LogP contribution in [-0.4, -0.2) is 72.4 Å². The van der Waals surface area contributed by atoms with Gasteiger partial charge in [0, 0.05) is 50.9 Å². The Balaban J connectivity index is 1.42. The lowest BCUT2D eigenvalue weighted by Gasteiger charge is -2.38. The third-order valence-electron chi connectivity index (χ3n) is 7.58. The van der Waals surface area contributed by atoms with Crippen LogP contribution < -0.4 is 4.74 Å². The van der Waals surface area contributed by atoms with E-state index in [4.69, 9.17) is 4.74 Å². The molecular weight excluding hydrogens is 471 g/mol. The maximum atomic E-state index is 13.0. The summed E-state index contributed by atoms with van der Waals surface area (Å²) < 4.78 is 44.3. The lowest BCUT2D eigenvalue weighted by Crippen LogP contribution is -2.49. The van der Waals surface area contributed by atoms with E-state index in [0.29, 0.717) is 18.8 Å². The topological polar surface area (TPSA) is 53.1 Å². The van der Waals surface area contributed by atoms with Gasteiger partial charge in [0.05, 0.1) is 5.56 Å². The van der Waals surface area contributed by atoms with E-state index >= 15 is 0 Å². The van der Waals surface area contributed by atoms with Crippen LogP contribution in [-0.2, 0) is 11.0 Å². The molecule has 0 saturated carbocycles. The molecule has 4 rings (SSSR count). The minimum absolute atomic E-state index is 0.0130. The van der Waals surface area contributed by atoms with E-state index < -0.39 is 11.7 Å². The van der Waals surface area contributed by atoms with E-state index in [1.165, 1.54) is 22.6 Å². The smallest absolute Gasteiger partial charge is 0.416 e. The van der Waals surface area contributed by atoms with Gasteiger partial charge in [-0.2, -0.15) is 13.2 Å². The Morgan fingerprint density at radius 3 is 2.25 bits per heavy atom. The Hall–Kier alpha value is -3.07. The van der Waals surface area contributed by atoms with Gasteiger partial charge in [0.15, 0.2) is 6.61 Å². The predicted octanol–water partition coefficient (Wildman–Crippen LogP) is 4.45. The minimum atomic E-state index is -4.42. The summed E-state index contributed by atoms with van der Waals surface area (Å²) in [5.41, 5.74) is 2.80. The molecule has 0 spiro atoms. The van der Waals surface area contributed by atoms with Gasteiger partial charge in [-0.25, -0.2) is 0 Å². The molecule has 2 bridgehead atoms. The number of nitrogens with zero attached hydrogens (tertiary/aromatic N) is 3. The number of fused-ring (bicyclic) bond motifs is 2. The molecule has 36 heavy (non-hydrogen) atoms. The third-order valence-corrected chi connectivity index (χ3v) is 7.58. The van der Waals surface area contributed by atoms with E-state index in [-0.39, 0.29) is 42.1 Å². The summed E-state index contributed by atoms with van der Waals surface area (Å²) in [5, 5.41) is 0. The molecule has 9 heteroatoms. The molecule has 2 aliphatic heterocycles. The second-order valence-electron chi connectivity index (χ2n) is 9.93. The number of piperazine rings is 1. The molecule has 2 aliphatic rings. The van der Waals surface area contributed by atoms with Crippen molar-refractivity contribution in [2.75, 3.05) is 33.8 Å². The minimum Gasteiger partial charge on any atom is -0.483 e. The van der Waals surface area contributed by atoms with Crippen LogP contribution in [0.15, 0.2) is 36.4 Å². The molecule has 6 nitrogen and oxygen atoms in total. The number of carbonyl (C=O) groups excluding carboxylic acids is 2. The molecule has 2 aromatic carbocycles. The Kier molecular flexibility index (Phi) is 7.05. The van der Waals surface area contributed by atoms with Crippen molar-refractivity contribution in [1.82, 2.24) is 14.7 Å². The highest BCUT2D eigenvalue weighted by atomic mass is 19.4. The van der Waals surface area contributed by atoms with Crippen molar-refractivity contribution in [2.24, 2.45) is 0 Å². The molecule has 2 saturated heterocycles. The number of amides is 2. The third kappa shape index (κ3) is 4.93. The highest BCUT2D eigenvalue weighted by molar-refractivity contribution is 5.94. The molecule has 3 atom stereocenters. The zero-order chi connectivity index (χ0) is 26.4. The summed E-state index contributed by atoms with van der Waals surface area (Å²) in [4.78, 5) is 30.6. The number of carbonyl (C=O) groups is 2. The summed E-state index contributed by atoms with van der Waals surface area (Å²) in [7, 11) is 3.38. The van der Waals surface area contributed by atoms with Crippen molar-refractivity contribution < 1.29 is 27.5 Å². The van der Waals surface area contributed by atoms with Crippen molar-refractivity contribution in [3.63, 3.8) is 0 Å². The van der Waals surface area contributed by atoms with Crippen LogP contribution >= 0.6 is 0 Å². The maximum absolute atomic E-state index is 13.0. The number of likely N-dealkylation sites (N-methyl/N-ethyl adjacent to an activating group) is 1. The number of alkyl halides is 3. The number of hydrogen-bond donors (Lipinski definition) is 0. The molecule has 0 aliphatic carbocycles. The second-order valence-corrected chi connectivity index (χ2v) is 9.93. The van der Waals surface area contributed by atoms with Gasteiger partial charge in [-0.05, 0) is 74.2 Å². The lowest BCUT2D eigenvalue weighted by atomic mass is 9.96. The fourth-order valence-corrected chi connectivity index (χ4v) is 5.26. The fraction of sp³-hybridized carbons (Fsp3) is 0.481. The van der Waals surface area contributed by atoms with Gasteiger partial charge < -0.3 is 14.5 Å². The first-order valence-corrected chi connectivity index (χ1v) is 12.1. The Morgan fingerprint density at radius 1 is 1.03 bits per heavy atom. The second kappa shape index (κ2) is 9.76. The maximum Gasteiger partial charge on any atom is 0.416 e. The molecule has 2 fully saturated rings. The SMILES string of the molecule is Cc1c(OCC(=O)N(C)C)ccc(C(C)N2CC3CC2CN3C(=O)c2ccc(C(F)(F)F)cc2)c1C. The number of halogens is 3. The first-order valence-electron chi connectivity index (χ1n) is 12.1. The van der Waals surface area contributed by atoms with Gasteiger partial charge in [-0.3, -0.25) is 14.5 Å². The van der Waals surface area contributed by atoms with Crippen LogP contribution in [0, 0.1) is 13.8 Å². The van der Waals surface area contributed by atoms with Gasteiger partial charge in [0.1, 0.15) is 5.75 Å². The zero-order valence-corrected chi connectivity index (χ0v) is 21.2. The molecule has 2 aromatic rings. The van der Waals surface area contributed by atoms with Crippen LogP contribution in [0.4, 0.5) is 13.2 Å². The summed E-state index contributed by atoms with van der Waals surface area (Å²) in [6.07, 6.45) is -3.57. The molecule has 2 amide bonds. The van der Waals surface area contributed by atoms with Crippen molar-refractivity contribution >= 4 is 11.8 Å². The van der Waals surface area contributed by atoms with E-state index in [2.05, 4.69) is 18.7 Å². The van der Waals surface area contributed by atoms with Gasteiger partial charge in [-0.1, -0.05) is 6.07 Å². The van der Waals surface area contributed by atoms with Gasteiger partial charge in [0.2, 0.25) is 0 Å². The van der Waals surface area contributed by atoms with Crippen LogP contribution in [0.25, 0.3) is 0 Å². The van der Waals surface area contributed by atoms with Crippen molar-refractivity contribution in [2.45, 2.75) is 51.5 Å². The van der Waals surface area contributed by atoms with Crippen molar-refractivity contribution in [3.05, 3.63) is 64.2 Å². The molecule has 0 N–H and O–H groups in total. The monoisotopic (exact) mass is 503 g/mol. The van der Waals surface area contributed by atoms with E-state index in [9.17, 15) is 22.8 Å². The van der Waals surface area contributed by atoms with Crippen LogP contribution in [0.5, 0.6) is 5.75 Å². The normalized spacial score (nSPS) is 20.5. The summed E-state index contributed by atoms with van der Waals surface area (Å²) in [6, 6.07) is 8.75. The van der Waals surface area contributed by atoms with Crippen LogP contribution in [0.2, 0.25) is 0 Å². The Morgan fingerprint density at radius 2 is 1.69 bits per heavy atom. The number of rotatable bonds is 6. The van der Waals surface area contributed by atoms with Gasteiger partial charge in [-0.15, -0.1) is 0 Å². The number of benzene rings is 2. The molecular formula is C27H32F3N3O3. The largest absolute Gasteiger partial charge is 0.483 e. The zero-order valence-electron chi connectivity index (χ0n) is 21.2. The quantitative estimate of drug-likeness (QED) is 0.585. The fourth-order valence-electron chi connectivity index (χ4n) is 5.26. The summed E-state index contributed by atoms with van der Waals surface area (Å²) in [6.45, 7) is 7.45. The van der Waals surface area contributed by atoms with E-state index in [1.807, 2.05) is 19.1 Å². The van der Waals surface area contributed by atoms with E-state index in [0.717, 1.165) is 29.7 Å². The lowest BCUT2D eigenvalue weighted by molar-refractivity contribution is -0.137. The average Bonchev–Trinajstić information content (AvgIpc) is 3.44. The van der Waals surface area contributed by atoms with E-state index in [1.54, 1.807) is 19.0 Å². The predicted molar refractivity (Wildman–Crippen MR) is 130 cm³/mol. The highest BCUT2D eigenvalue weighted by Crippen LogP contribution is 2.39. The highest BCUT2D eigenvalue weighted by Gasteiger charge is 2.47. The van der Waals surface area contributed by atoms with Gasteiger partial charge in [0.25, 0.3) is 11.8 Å².